The van der Waals surface area contributed by atoms with Crippen molar-refractivity contribution in [3.8, 4) is 0 Å². The molecule has 0 aromatic heterocycles. The number of carbonyl (C=O) groups excluding carboxylic acids is 3. The van der Waals surface area contributed by atoms with Gasteiger partial charge in [-0.1, -0.05) is 177 Å². The topological polar surface area (TPSA) is 78.9 Å². The van der Waals surface area contributed by atoms with E-state index < -0.39 is 6.10 Å². The van der Waals surface area contributed by atoms with Crippen molar-refractivity contribution in [3.05, 3.63) is 72.9 Å². The third-order valence-electron chi connectivity index (χ3n) is 10.2. The molecule has 0 amide bonds. The highest BCUT2D eigenvalue weighted by molar-refractivity contribution is 5.71. The van der Waals surface area contributed by atoms with E-state index in [4.69, 9.17) is 14.2 Å². The van der Waals surface area contributed by atoms with Gasteiger partial charge < -0.3 is 14.2 Å². The van der Waals surface area contributed by atoms with Gasteiger partial charge in [0.05, 0.1) is 0 Å². The SMILES string of the molecule is CC/C=C\C/C=C\C/C=C\CCCCCCC(=O)OCC(COC(=O)CCCCC/C=C\CCCCCCCC)OC(=O)CCCCCCCCC/C=C\C/C=C\CC. The van der Waals surface area contributed by atoms with E-state index >= 15 is 0 Å². The van der Waals surface area contributed by atoms with Crippen molar-refractivity contribution in [3.63, 3.8) is 0 Å². The summed E-state index contributed by atoms with van der Waals surface area (Å²) in [6.07, 6.45) is 58.8. The molecule has 338 valence electrons. The van der Waals surface area contributed by atoms with Gasteiger partial charge in [-0.15, -0.1) is 0 Å². The van der Waals surface area contributed by atoms with E-state index in [1.54, 1.807) is 0 Å². The maximum atomic E-state index is 12.8. The van der Waals surface area contributed by atoms with Crippen LogP contribution in [0.15, 0.2) is 72.9 Å². The van der Waals surface area contributed by atoms with Crippen molar-refractivity contribution in [1.29, 1.82) is 0 Å². The summed E-state index contributed by atoms with van der Waals surface area (Å²) < 4.78 is 16.7. The normalized spacial score (nSPS) is 12.7. The lowest BCUT2D eigenvalue weighted by atomic mass is 10.1. The highest BCUT2D eigenvalue weighted by Crippen LogP contribution is 2.13. The second-order valence-electron chi connectivity index (χ2n) is 16.0. The van der Waals surface area contributed by atoms with E-state index in [0.29, 0.717) is 19.3 Å². The third-order valence-corrected chi connectivity index (χ3v) is 10.2. The molecular weight excluding hydrogens is 733 g/mol. The predicted octanol–water partition coefficient (Wildman–Crippen LogP) is 15.9. The van der Waals surface area contributed by atoms with E-state index in [1.807, 2.05) is 0 Å². The number of ether oxygens (including phenoxy) is 3. The maximum Gasteiger partial charge on any atom is 0.306 e. The van der Waals surface area contributed by atoms with Crippen molar-refractivity contribution in [1.82, 2.24) is 0 Å². The molecule has 1 unspecified atom stereocenters. The first kappa shape index (κ1) is 55.9. The quantitative estimate of drug-likeness (QED) is 0.0264. The predicted molar refractivity (Wildman–Crippen MR) is 251 cm³/mol. The molecule has 0 saturated carbocycles. The number of allylic oxidation sites excluding steroid dienone is 12. The van der Waals surface area contributed by atoms with Gasteiger partial charge in [-0.05, 0) is 103 Å². The summed E-state index contributed by atoms with van der Waals surface area (Å²) in [6, 6.07) is 0. The average Bonchev–Trinajstić information content (AvgIpc) is 3.23. The summed E-state index contributed by atoms with van der Waals surface area (Å²) in [6.45, 7) is 6.36. The molecule has 0 aliphatic heterocycles. The first-order valence-corrected chi connectivity index (χ1v) is 24.4. The van der Waals surface area contributed by atoms with Crippen LogP contribution >= 0.6 is 0 Å². The van der Waals surface area contributed by atoms with Crippen LogP contribution in [0.3, 0.4) is 0 Å². The fourth-order valence-electron chi connectivity index (χ4n) is 6.55. The minimum atomic E-state index is -0.793. The summed E-state index contributed by atoms with van der Waals surface area (Å²) in [5.74, 6) is -0.942. The third kappa shape index (κ3) is 45.8. The van der Waals surface area contributed by atoms with Crippen molar-refractivity contribution in [2.75, 3.05) is 13.2 Å². The molecule has 0 rings (SSSR count). The molecule has 0 bridgehead atoms. The Bertz CT molecular complexity index is 1130. The standard InChI is InChI=1S/C53H90O6/c1-4-7-10-13-16-19-22-25-28-31-34-37-40-43-46-52(55)58-49-50(48-57-51(54)45-42-39-36-33-30-27-24-21-18-15-12-9-6-3)59-53(56)47-44-41-38-35-32-29-26-23-20-17-14-11-8-5-2/h7-8,10-11,16-17,19-20,25,27-28,30,50H,4-6,9,12-15,18,21-24,26,29,31-49H2,1-3H3/b10-7-,11-8-,19-16-,20-17-,28-25-,30-27-. The number of hydrogen-bond acceptors (Lipinski definition) is 6. The lowest BCUT2D eigenvalue weighted by Gasteiger charge is -2.18. The Morgan fingerprint density at radius 3 is 1.07 bits per heavy atom. The van der Waals surface area contributed by atoms with E-state index in [-0.39, 0.29) is 31.1 Å². The number of rotatable bonds is 43. The zero-order chi connectivity index (χ0) is 43.0. The van der Waals surface area contributed by atoms with Crippen molar-refractivity contribution >= 4 is 17.9 Å². The van der Waals surface area contributed by atoms with Crippen LogP contribution in [0.1, 0.15) is 226 Å². The maximum absolute atomic E-state index is 12.8. The zero-order valence-corrected chi connectivity index (χ0v) is 38.5. The molecule has 0 radical (unpaired) electrons. The molecule has 0 aliphatic rings. The highest BCUT2D eigenvalue weighted by atomic mass is 16.6. The molecule has 6 heteroatoms. The van der Waals surface area contributed by atoms with Crippen molar-refractivity contribution in [2.24, 2.45) is 0 Å². The number of carbonyl (C=O) groups is 3. The Balaban J connectivity index is 4.45. The summed E-state index contributed by atoms with van der Waals surface area (Å²) in [7, 11) is 0. The van der Waals surface area contributed by atoms with Gasteiger partial charge in [-0.3, -0.25) is 14.4 Å². The molecule has 0 aromatic rings. The summed E-state index contributed by atoms with van der Waals surface area (Å²) in [5, 5.41) is 0. The van der Waals surface area contributed by atoms with E-state index in [2.05, 4.69) is 93.7 Å². The molecule has 6 nitrogen and oxygen atoms in total. The second kappa shape index (κ2) is 47.5. The average molecular weight is 823 g/mol. The lowest BCUT2D eigenvalue weighted by molar-refractivity contribution is -0.167. The Labute approximate surface area is 363 Å². The Kier molecular flexibility index (Phi) is 45.0. The van der Waals surface area contributed by atoms with Crippen LogP contribution in [-0.4, -0.2) is 37.2 Å². The van der Waals surface area contributed by atoms with Gasteiger partial charge in [0, 0.05) is 19.3 Å². The molecule has 0 spiro atoms. The molecular formula is C53H90O6. The van der Waals surface area contributed by atoms with Crippen LogP contribution in [0.4, 0.5) is 0 Å². The van der Waals surface area contributed by atoms with Crippen LogP contribution in [0.25, 0.3) is 0 Å². The molecule has 0 fully saturated rings. The van der Waals surface area contributed by atoms with Crippen LogP contribution in [0.5, 0.6) is 0 Å². The number of unbranched alkanes of at least 4 members (excludes halogenated alkanes) is 20. The lowest BCUT2D eigenvalue weighted by Crippen LogP contribution is -2.30. The Hall–Kier alpha value is -3.15. The van der Waals surface area contributed by atoms with Crippen molar-refractivity contribution in [2.45, 2.75) is 232 Å². The molecule has 0 aliphatic carbocycles. The smallest absolute Gasteiger partial charge is 0.306 e. The zero-order valence-electron chi connectivity index (χ0n) is 38.5. The van der Waals surface area contributed by atoms with Crippen LogP contribution in [0, 0.1) is 0 Å². The van der Waals surface area contributed by atoms with E-state index in [0.717, 1.165) is 122 Å². The molecule has 1 atom stereocenters. The van der Waals surface area contributed by atoms with Gasteiger partial charge in [-0.25, -0.2) is 0 Å². The molecule has 0 heterocycles. The van der Waals surface area contributed by atoms with Gasteiger partial charge in [0.1, 0.15) is 13.2 Å². The molecule has 0 aromatic carbocycles. The summed E-state index contributed by atoms with van der Waals surface area (Å²) in [5.41, 5.74) is 0. The van der Waals surface area contributed by atoms with Crippen LogP contribution in [0.2, 0.25) is 0 Å². The number of esters is 3. The van der Waals surface area contributed by atoms with Gasteiger partial charge >= 0.3 is 17.9 Å². The van der Waals surface area contributed by atoms with Gasteiger partial charge in [-0.2, -0.15) is 0 Å². The van der Waals surface area contributed by atoms with E-state index in [9.17, 15) is 14.4 Å². The monoisotopic (exact) mass is 823 g/mol. The first-order chi connectivity index (χ1) is 29.0. The van der Waals surface area contributed by atoms with Gasteiger partial charge in [0.2, 0.25) is 0 Å². The Morgan fingerprint density at radius 2 is 0.661 bits per heavy atom. The van der Waals surface area contributed by atoms with Gasteiger partial charge in [0.25, 0.3) is 0 Å². The van der Waals surface area contributed by atoms with Crippen LogP contribution < -0.4 is 0 Å². The molecule has 59 heavy (non-hydrogen) atoms. The van der Waals surface area contributed by atoms with E-state index in [1.165, 1.54) is 64.2 Å². The first-order valence-electron chi connectivity index (χ1n) is 24.4. The minimum Gasteiger partial charge on any atom is -0.462 e. The largest absolute Gasteiger partial charge is 0.462 e. The molecule has 0 saturated heterocycles. The minimum absolute atomic E-state index is 0.0944. The van der Waals surface area contributed by atoms with Crippen molar-refractivity contribution < 1.29 is 28.6 Å². The fourth-order valence-corrected chi connectivity index (χ4v) is 6.55. The Morgan fingerprint density at radius 1 is 0.356 bits per heavy atom. The number of hydrogen-bond donors (Lipinski definition) is 0. The summed E-state index contributed by atoms with van der Waals surface area (Å²) >= 11 is 0. The van der Waals surface area contributed by atoms with Gasteiger partial charge in [0.15, 0.2) is 6.10 Å². The fraction of sp³-hybridized carbons (Fsp3) is 0.717. The summed E-state index contributed by atoms with van der Waals surface area (Å²) in [4.78, 5) is 37.9. The van der Waals surface area contributed by atoms with Crippen LogP contribution in [-0.2, 0) is 28.6 Å². The second-order valence-corrected chi connectivity index (χ2v) is 16.0. The molecule has 0 N–H and O–H groups in total. The highest BCUT2D eigenvalue weighted by Gasteiger charge is 2.19.